The van der Waals surface area contributed by atoms with Gasteiger partial charge < -0.3 is 15.0 Å². The van der Waals surface area contributed by atoms with Crippen LogP contribution in [0.1, 0.15) is 13.3 Å². The molecule has 0 unspecified atom stereocenters. The maximum Gasteiger partial charge on any atom is 0.226 e. The Morgan fingerprint density at radius 3 is 3.00 bits per heavy atom. The highest BCUT2D eigenvalue weighted by Gasteiger charge is 2.12. The molecule has 0 aliphatic rings. The van der Waals surface area contributed by atoms with Gasteiger partial charge in [0.1, 0.15) is 10.6 Å². The minimum Gasteiger partial charge on any atom is -0.385 e. The number of rotatable bonds is 7. The Labute approximate surface area is 117 Å². The van der Waals surface area contributed by atoms with Gasteiger partial charge in [0, 0.05) is 33.9 Å². The van der Waals surface area contributed by atoms with Crippen LogP contribution in [0.3, 0.4) is 0 Å². The van der Waals surface area contributed by atoms with E-state index in [1.807, 2.05) is 6.92 Å². The Balaban J connectivity index is 2.26. The molecule has 2 heterocycles. The van der Waals surface area contributed by atoms with Crippen LogP contribution in [0.15, 0.2) is 11.4 Å². The van der Waals surface area contributed by atoms with Crippen LogP contribution < -0.4 is 10.2 Å². The first-order valence-electron chi connectivity index (χ1n) is 6.45. The zero-order chi connectivity index (χ0) is 13.7. The minimum absolute atomic E-state index is 0.700. The summed E-state index contributed by atoms with van der Waals surface area (Å²) in [6, 6.07) is 2.08. The molecule has 19 heavy (non-hydrogen) atoms. The maximum absolute atomic E-state index is 5.09. The van der Waals surface area contributed by atoms with E-state index in [-0.39, 0.29) is 0 Å². The molecular weight excluding hydrogens is 260 g/mol. The summed E-state index contributed by atoms with van der Waals surface area (Å²) in [6.45, 7) is 4.55. The molecule has 0 atom stereocenters. The van der Waals surface area contributed by atoms with Gasteiger partial charge in [-0.1, -0.05) is 0 Å². The molecule has 5 nitrogen and oxygen atoms in total. The summed E-state index contributed by atoms with van der Waals surface area (Å²) in [6.07, 6.45) is 0.985. The number of aromatic nitrogens is 2. The second kappa shape index (κ2) is 6.68. The van der Waals surface area contributed by atoms with Crippen molar-refractivity contribution in [2.24, 2.45) is 0 Å². The summed E-state index contributed by atoms with van der Waals surface area (Å²) in [7, 11) is 3.79. The number of nitrogens with zero attached hydrogens (tertiary/aromatic N) is 3. The molecule has 0 saturated carbocycles. The second-order valence-electron chi connectivity index (χ2n) is 4.31. The quantitative estimate of drug-likeness (QED) is 0.790. The molecule has 6 heteroatoms. The van der Waals surface area contributed by atoms with E-state index in [1.165, 1.54) is 0 Å². The molecule has 1 N–H and O–H groups in total. The van der Waals surface area contributed by atoms with Crippen molar-refractivity contribution in [2.75, 3.05) is 44.1 Å². The number of nitrogens with one attached hydrogen (secondary N) is 1. The molecular formula is C13H20N4OS. The van der Waals surface area contributed by atoms with Gasteiger partial charge in [-0.25, -0.2) is 4.98 Å². The van der Waals surface area contributed by atoms with Crippen LogP contribution in [0.5, 0.6) is 0 Å². The molecule has 0 aliphatic heterocycles. The minimum atomic E-state index is 0.700. The lowest BCUT2D eigenvalue weighted by molar-refractivity contribution is 0.196. The van der Waals surface area contributed by atoms with E-state index in [0.717, 1.165) is 42.2 Å². The number of hydrogen-bond acceptors (Lipinski definition) is 6. The van der Waals surface area contributed by atoms with Crippen molar-refractivity contribution in [3.05, 3.63) is 11.4 Å². The first kappa shape index (κ1) is 14.0. The summed E-state index contributed by atoms with van der Waals surface area (Å²) >= 11 is 1.64. The van der Waals surface area contributed by atoms with Crippen LogP contribution in [-0.4, -0.2) is 43.8 Å². The first-order valence-corrected chi connectivity index (χ1v) is 7.33. The normalized spacial score (nSPS) is 10.9. The molecule has 0 spiro atoms. The Kier molecular flexibility index (Phi) is 4.93. The molecule has 2 aromatic rings. The summed E-state index contributed by atoms with van der Waals surface area (Å²) in [4.78, 5) is 12.3. The lowest BCUT2D eigenvalue weighted by Gasteiger charge is -2.19. The molecule has 0 bridgehead atoms. The standard InChI is InChI=1S/C13H20N4OS/c1-4-14-13-15-11(17(2)7-5-8-18-3)10-6-9-19-12(10)16-13/h6,9H,4-5,7-8H2,1-3H3,(H,14,15,16). The number of ether oxygens (including phenoxy) is 1. The van der Waals surface area contributed by atoms with E-state index in [9.17, 15) is 0 Å². The van der Waals surface area contributed by atoms with Crippen molar-refractivity contribution in [2.45, 2.75) is 13.3 Å². The Bertz CT molecular complexity index is 528. The van der Waals surface area contributed by atoms with Gasteiger partial charge in [0.15, 0.2) is 0 Å². The average molecular weight is 280 g/mol. The Morgan fingerprint density at radius 1 is 1.42 bits per heavy atom. The van der Waals surface area contributed by atoms with Crippen molar-refractivity contribution in [1.82, 2.24) is 9.97 Å². The zero-order valence-electron chi connectivity index (χ0n) is 11.6. The summed E-state index contributed by atoms with van der Waals surface area (Å²) in [5.41, 5.74) is 0. The SMILES string of the molecule is CCNc1nc(N(C)CCCOC)c2ccsc2n1. The van der Waals surface area contributed by atoms with Crippen molar-refractivity contribution < 1.29 is 4.74 Å². The van der Waals surface area contributed by atoms with Gasteiger partial charge in [-0.3, -0.25) is 0 Å². The fourth-order valence-corrected chi connectivity index (χ4v) is 2.68. The van der Waals surface area contributed by atoms with Gasteiger partial charge in [0.2, 0.25) is 5.95 Å². The second-order valence-corrected chi connectivity index (χ2v) is 5.20. The summed E-state index contributed by atoms with van der Waals surface area (Å²) < 4.78 is 5.09. The van der Waals surface area contributed by atoms with Gasteiger partial charge in [-0.15, -0.1) is 11.3 Å². The predicted octanol–water partition coefficient (Wildman–Crippen LogP) is 2.60. The zero-order valence-corrected chi connectivity index (χ0v) is 12.5. The van der Waals surface area contributed by atoms with E-state index in [2.05, 4.69) is 38.7 Å². The van der Waals surface area contributed by atoms with Gasteiger partial charge in [0.05, 0.1) is 5.39 Å². The first-order chi connectivity index (χ1) is 9.26. The molecule has 0 aliphatic carbocycles. The van der Waals surface area contributed by atoms with Gasteiger partial charge >= 0.3 is 0 Å². The van der Waals surface area contributed by atoms with Crippen LogP contribution in [0.2, 0.25) is 0 Å². The predicted molar refractivity (Wildman–Crippen MR) is 81.3 cm³/mol. The van der Waals surface area contributed by atoms with Crippen LogP contribution in [0.4, 0.5) is 11.8 Å². The number of thiophene rings is 1. The van der Waals surface area contributed by atoms with Crippen LogP contribution >= 0.6 is 11.3 Å². The third-order valence-electron chi connectivity index (χ3n) is 2.84. The van der Waals surface area contributed by atoms with Crippen molar-refractivity contribution >= 4 is 33.3 Å². The van der Waals surface area contributed by atoms with Crippen molar-refractivity contribution in [3.8, 4) is 0 Å². The number of methoxy groups -OCH3 is 1. The monoisotopic (exact) mass is 280 g/mol. The molecule has 104 valence electrons. The van der Waals surface area contributed by atoms with Crippen LogP contribution in [0, 0.1) is 0 Å². The lowest BCUT2D eigenvalue weighted by atomic mass is 10.3. The topological polar surface area (TPSA) is 50.3 Å². The fourth-order valence-electron chi connectivity index (χ4n) is 1.92. The van der Waals surface area contributed by atoms with Gasteiger partial charge in [-0.2, -0.15) is 4.98 Å². The summed E-state index contributed by atoms with van der Waals surface area (Å²) in [5, 5.41) is 6.36. The van der Waals surface area contributed by atoms with E-state index in [0.29, 0.717) is 5.95 Å². The molecule has 2 rings (SSSR count). The third kappa shape index (κ3) is 3.33. The molecule has 0 fully saturated rings. The number of hydrogen-bond donors (Lipinski definition) is 1. The van der Waals surface area contributed by atoms with Gasteiger partial charge in [-0.05, 0) is 24.8 Å². The number of fused-ring (bicyclic) bond motifs is 1. The molecule has 0 amide bonds. The molecule has 0 aromatic carbocycles. The third-order valence-corrected chi connectivity index (χ3v) is 3.65. The van der Waals surface area contributed by atoms with Crippen LogP contribution in [0.25, 0.3) is 10.2 Å². The summed E-state index contributed by atoms with van der Waals surface area (Å²) in [5.74, 6) is 1.68. The highest BCUT2D eigenvalue weighted by Crippen LogP contribution is 2.28. The van der Waals surface area contributed by atoms with Crippen molar-refractivity contribution in [3.63, 3.8) is 0 Å². The lowest BCUT2D eigenvalue weighted by Crippen LogP contribution is -2.21. The van der Waals surface area contributed by atoms with E-state index in [4.69, 9.17) is 4.74 Å². The number of anilines is 2. The highest BCUT2D eigenvalue weighted by molar-refractivity contribution is 7.16. The molecule has 0 saturated heterocycles. The largest absolute Gasteiger partial charge is 0.385 e. The average Bonchev–Trinajstić information content (AvgIpc) is 2.86. The van der Waals surface area contributed by atoms with E-state index >= 15 is 0 Å². The molecule has 2 aromatic heterocycles. The van der Waals surface area contributed by atoms with E-state index < -0.39 is 0 Å². The van der Waals surface area contributed by atoms with Gasteiger partial charge in [0.25, 0.3) is 0 Å². The maximum atomic E-state index is 5.09. The highest BCUT2D eigenvalue weighted by atomic mass is 32.1. The molecule has 0 radical (unpaired) electrons. The van der Waals surface area contributed by atoms with E-state index in [1.54, 1.807) is 18.4 Å². The fraction of sp³-hybridized carbons (Fsp3) is 0.538. The Hall–Kier alpha value is -1.40. The van der Waals surface area contributed by atoms with Crippen molar-refractivity contribution in [1.29, 1.82) is 0 Å². The Morgan fingerprint density at radius 2 is 2.26 bits per heavy atom. The van der Waals surface area contributed by atoms with Crippen LogP contribution in [-0.2, 0) is 4.74 Å². The smallest absolute Gasteiger partial charge is 0.226 e.